The van der Waals surface area contributed by atoms with E-state index in [0.29, 0.717) is 6.54 Å². The number of rotatable bonds is 6. The number of primary amides is 1. The van der Waals surface area contributed by atoms with E-state index in [-0.39, 0.29) is 18.1 Å². The summed E-state index contributed by atoms with van der Waals surface area (Å²) in [7, 11) is 0. The highest BCUT2D eigenvalue weighted by molar-refractivity contribution is 5.84. The van der Waals surface area contributed by atoms with Crippen LogP contribution < -0.4 is 11.1 Å². The molecule has 2 atom stereocenters. The lowest BCUT2D eigenvalue weighted by molar-refractivity contribution is -0.126. The third kappa shape index (κ3) is 4.23. The second-order valence-corrected chi connectivity index (χ2v) is 5.63. The average molecular weight is 257 g/mol. The van der Waals surface area contributed by atoms with Crippen molar-refractivity contribution in [1.82, 2.24) is 10.2 Å². The molecule has 1 rings (SSSR count). The molecular formula is C13H27N3O2. The van der Waals surface area contributed by atoms with Crippen molar-refractivity contribution in [3.05, 3.63) is 0 Å². The molecule has 0 aromatic rings. The molecule has 106 valence electrons. The van der Waals surface area contributed by atoms with E-state index in [1.165, 1.54) is 0 Å². The highest BCUT2D eigenvalue weighted by Crippen LogP contribution is 2.13. The van der Waals surface area contributed by atoms with E-state index in [0.717, 1.165) is 26.1 Å². The first-order chi connectivity index (χ1) is 8.37. The van der Waals surface area contributed by atoms with Crippen molar-refractivity contribution in [1.29, 1.82) is 0 Å². The average Bonchev–Trinajstić information content (AvgIpc) is 2.27. The van der Waals surface area contributed by atoms with Crippen LogP contribution in [0.4, 0.5) is 0 Å². The predicted molar refractivity (Wildman–Crippen MR) is 72.3 cm³/mol. The first-order valence-electron chi connectivity index (χ1n) is 6.79. The Balaban J connectivity index is 2.63. The minimum atomic E-state index is -0.677. The van der Waals surface area contributed by atoms with Gasteiger partial charge in [0.15, 0.2) is 0 Å². The van der Waals surface area contributed by atoms with Gasteiger partial charge in [-0.15, -0.1) is 0 Å². The lowest BCUT2D eigenvalue weighted by Gasteiger charge is -2.39. The maximum atomic E-state index is 11.7. The summed E-state index contributed by atoms with van der Waals surface area (Å²) in [6, 6.07) is 0.227. The Morgan fingerprint density at radius 3 is 2.78 bits per heavy atom. The molecule has 3 N–H and O–H groups in total. The van der Waals surface area contributed by atoms with Gasteiger partial charge in [0.1, 0.15) is 5.54 Å². The molecule has 1 fully saturated rings. The van der Waals surface area contributed by atoms with E-state index in [9.17, 15) is 4.79 Å². The largest absolute Gasteiger partial charge is 0.376 e. The van der Waals surface area contributed by atoms with Gasteiger partial charge in [-0.05, 0) is 27.2 Å². The highest BCUT2D eigenvalue weighted by Gasteiger charge is 2.35. The van der Waals surface area contributed by atoms with Crippen LogP contribution in [-0.4, -0.2) is 54.7 Å². The Kier molecular flexibility index (Phi) is 5.56. The molecule has 2 unspecified atom stereocenters. The maximum absolute atomic E-state index is 11.7. The summed E-state index contributed by atoms with van der Waals surface area (Å²) in [5.41, 5.74) is 4.87. The van der Waals surface area contributed by atoms with Crippen molar-refractivity contribution in [3.63, 3.8) is 0 Å². The number of nitrogens with two attached hydrogens (primary N) is 1. The van der Waals surface area contributed by atoms with Crippen LogP contribution in [0, 0.1) is 0 Å². The van der Waals surface area contributed by atoms with E-state index in [4.69, 9.17) is 10.5 Å². The third-order valence-corrected chi connectivity index (χ3v) is 3.37. The predicted octanol–water partition coefficient (Wildman–Crippen LogP) is 0.339. The molecule has 1 saturated heterocycles. The molecule has 1 heterocycles. The van der Waals surface area contributed by atoms with Gasteiger partial charge in [0.2, 0.25) is 5.91 Å². The molecule has 0 saturated carbocycles. The minimum absolute atomic E-state index is 0.227. The Morgan fingerprint density at radius 2 is 2.28 bits per heavy atom. The van der Waals surface area contributed by atoms with E-state index >= 15 is 0 Å². The molecule has 0 aromatic carbocycles. The number of ether oxygens (including phenoxy) is 1. The quantitative estimate of drug-likeness (QED) is 0.720. The van der Waals surface area contributed by atoms with E-state index < -0.39 is 5.54 Å². The molecule has 1 aliphatic rings. The normalized spacial score (nSPS) is 25.1. The summed E-state index contributed by atoms with van der Waals surface area (Å²) in [5, 5.41) is 3.28. The molecule has 0 spiro atoms. The van der Waals surface area contributed by atoms with Gasteiger partial charge in [0, 0.05) is 25.7 Å². The second kappa shape index (κ2) is 6.50. The summed E-state index contributed by atoms with van der Waals surface area (Å²) in [4.78, 5) is 13.9. The van der Waals surface area contributed by atoms with Gasteiger partial charge in [-0.3, -0.25) is 9.69 Å². The zero-order chi connectivity index (χ0) is 13.8. The van der Waals surface area contributed by atoms with Crippen molar-refractivity contribution >= 4 is 5.91 Å². The van der Waals surface area contributed by atoms with Crippen LogP contribution in [0.3, 0.4) is 0 Å². The number of morpholine rings is 1. The maximum Gasteiger partial charge on any atom is 0.238 e. The fourth-order valence-electron chi connectivity index (χ4n) is 2.45. The second-order valence-electron chi connectivity index (χ2n) is 5.63. The summed E-state index contributed by atoms with van der Waals surface area (Å²) >= 11 is 0. The molecule has 0 radical (unpaired) electrons. The van der Waals surface area contributed by atoms with Gasteiger partial charge < -0.3 is 15.8 Å². The topological polar surface area (TPSA) is 67.6 Å². The van der Waals surface area contributed by atoms with E-state index in [2.05, 4.69) is 17.1 Å². The number of carbonyl (C=O) groups is 1. The molecule has 0 bridgehead atoms. The summed E-state index contributed by atoms with van der Waals surface area (Å²) < 4.78 is 5.64. The molecule has 1 amide bonds. The van der Waals surface area contributed by atoms with Crippen LogP contribution in [0.15, 0.2) is 0 Å². The van der Waals surface area contributed by atoms with Gasteiger partial charge in [-0.1, -0.05) is 6.92 Å². The van der Waals surface area contributed by atoms with Crippen molar-refractivity contribution < 1.29 is 9.53 Å². The van der Waals surface area contributed by atoms with Crippen LogP contribution in [0.5, 0.6) is 0 Å². The number of hydrogen-bond donors (Lipinski definition) is 2. The number of nitrogens with one attached hydrogen (secondary N) is 1. The van der Waals surface area contributed by atoms with Gasteiger partial charge in [0.05, 0.1) is 12.7 Å². The molecule has 18 heavy (non-hydrogen) atoms. The molecule has 1 aliphatic heterocycles. The highest BCUT2D eigenvalue weighted by atomic mass is 16.5. The van der Waals surface area contributed by atoms with Crippen LogP contribution >= 0.6 is 0 Å². The standard InChI is InChI=1S/C13H27N3O2/c1-5-11-8-16(6-7-18-11)9-13(4,12(14)17)15-10(2)3/h10-11,15H,5-9H2,1-4H3,(H2,14,17). The first-order valence-corrected chi connectivity index (χ1v) is 6.79. The minimum Gasteiger partial charge on any atom is -0.376 e. The van der Waals surface area contributed by atoms with Gasteiger partial charge >= 0.3 is 0 Å². The van der Waals surface area contributed by atoms with Crippen LogP contribution in [0.25, 0.3) is 0 Å². The van der Waals surface area contributed by atoms with Gasteiger partial charge in [0.25, 0.3) is 0 Å². The fourth-order valence-corrected chi connectivity index (χ4v) is 2.45. The number of hydrogen-bond acceptors (Lipinski definition) is 4. The summed E-state index contributed by atoms with van der Waals surface area (Å²) in [6.07, 6.45) is 1.27. The van der Waals surface area contributed by atoms with Crippen LogP contribution in [0.1, 0.15) is 34.1 Å². The van der Waals surface area contributed by atoms with E-state index in [1.54, 1.807) is 0 Å². The molecule has 5 heteroatoms. The van der Waals surface area contributed by atoms with Crippen molar-refractivity contribution in [2.45, 2.75) is 51.8 Å². The smallest absolute Gasteiger partial charge is 0.238 e. The zero-order valence-corrected chi connectivity index (χ0v) is 12.0. The SMILES string of the molecule is CCC1CN(CC(C)(NC(C)C)C(N)=O)CCO1. The lowest BCUT2D eigenvalue weighted by Crippen LogP contribution is -2.62. The molecule has 0 aliphatic carbocycles. The Hall–Kier alpha value is -0.650. The Labute approximate surface area is 110 Å². The molecular weight excluding hydrogens is 230 g/mol. The number of nitrogens with zero attached hydrogens (tertiary/aromatic N) is 1. The third-order valence-electron chi connectivity index (χ3n) is 3.37. The summed E-state index contributed by atoms with van der Waals surface area (Å²) in [5.74, 6) is -0.296. The zero-order valence-electron chi connectivity index (χ0n) is 12.0. The fraction of sp³-hybridized carbons (Fsp3) is 0.923. The van der Waals surface area contributed by atoms with Crippen LogP contribution in [-0.2, 0) is 9.53 Å². The first kappa shape index (κ1) is 15.4. The Bertz CT molecular complexity index is 283. The van der Waals surface area contributed by atoms with Gasteiger partial charge in [-0.2, -0.15) is 0 Å². The summed E-state index contributed by atoms with van der Waals surface area (Å²) in [6.45, 7) is 11.2. The van der Waals surface area contributed by atoms with Crippen LogP contribution in [0.2, 0.25) is 0 Å². The number of amides is 1. The molecule has 0 aromatic heterocycles. The monoisotopic (exact) mass is 257 g/mol. The Morgan fingerprint density at radius 1 is 1.61 bits per heavy atom. The van der Waals surface area contributed by atoms with Crippen molar-refractivity contribution in [3.8, 4) is 0 Å². The van der Waals surface area contributed by atoms with Crippen molar-refractivity contribution in [2.24, 2.45) is 5.73 Å². The van der Waals surface area contributed by atoms with Gasteiger partial charge in [-0.25, -0.2) is 0 Å². The lowest BCUT2D eigenvalue weighted by atomic mass is 9.98. The number of carbonyl (C=O) groups excluding carboxylic acids is 1. The van der Waals surface area contributed by atoms with Crippen molar-refractivity contribution in [2.75, 3.05) is 26.2 Å². The van der Waals surface area contributed by atoms with E-state index in [1.807, 2.05) is 20.8 Å². The molecule has 5 nitrogen and oxygen atoms in total.